The predicted molar refractivity (Wildman–Crippen MR) is 87.8 cm³/mol. The Morgan fingerprint density at radius 3 is 2.70 bits per heavy atom. The molecule has 0 aliphatic heterocycles. The average Bonchev–Trinajstić information content (AvgIpc) is 2.41. The molecular formula is C15H11BrFIO2. The summed E-state index contributed by atoms with van der Waals surface area (Å²) in [4.78, 5) is 12.3. The van der Waals surface area contributed by atoms with Crippen molar-refractivity contribution in [2.75, 3.05) is 7.11 Å². The molecule has 0 heterocycles. The SMILES string of the molecule is COc1ccc(Br)c(CC(=O)c2ccc(F)cc2I)c1. The first kappa shape index (κ1) is 15.4. The summed E-state index contributed by atoms with van der Waals surface area (Å²) in [5, 5.41) is 0. The van der Waals surface area contributed by atoms with Gasteiger partial charge in [-0.25, -0.2) is 4.39 Å². The molecule has 0 atom stereocenters. The monoisotopic (exact) mass is 448 g/mol. The fourth-order valence-corrected chi connectivity index (χ4v) is 2.96. The number of carbonyl (C=O) groups is 1. The predicted octanol–water partition coefficient (Wildman–Crippen LogP) is 4.63. The summed E-state index contributed by atoms with van der Waals surface area (Å²) in [6, 6.07) is 9.66. The molecule has 0 aliphatic carbocycles. The summed E-state index contributed by atoms with van der Waals surface area (Å²) in [5.74, 6) is 0.307. The number of ether oxygens (including phenoxy) is 1. The van der Waals surface area contributed by atoms with E-state index in [0.717, 1.165) is 10.0 Å². The van der Waals surface area contributed by atoms with E-state index in [1.54, 1.807) is 7.11 Å². The lowest BCUT2D eigenvalue weighted by molar-refractivity contribution is 0.0992. The quantitative estimate of drug-likeness (QED) is 0.503. The lowest BCUT2D eigenvalue weighted by atomic mass is 10.0. The zero-order valence-electron chi connectivity index (χ0n) is 10.6. The van der Waals surface area contributed by atoms with Crippen LogP contribution in [0.1, 0.15) is 15.9 Å². The Labute approximate surface area is 138 Å². The van der Waals surface area contributed by atoms with Crippen molar-refractivity contribution in [3.05, 3.63) is 61.4 Å². The Morgan fingerprint density at radius 1 is 1.30 bits per heavy atom. The minimum Gasteiger partial charge on any atom is -0.497 e. The van der Waals surface area contributed by atoms with Crippen molar-refractivity contribution < 1.29 is 13.9 Å². The Kier molecular flexibility index (Phi) is 5.15. The largest absolute Gasteiger partial charge is 0.497 e. The highest BCUT2D eigenvalue weighted by Crippen LogP contribution is 2.25. The second-order valence-electron chi connectivity index (χ2n) is 4.18. The van der Waals surface area contributed by atoms with Crippen molar-refractivity contribution in [1.29, 1.82) is 0 Å². The van der Waals surface area contributed by atoms with Crippen molar-refractivity contribution in [3.63, 3.8) is 0 Å². The maximum Gasteiger partial charge on any atom is 0.168 e. The molecule has 0 aromatic heterocycles. The fourth-order valence-electron chi connectivity index (χ4n) is 1.80. The highest BCUT2D eigenvalue weighted by Gasteiger charge is 2.13. The van der Waals surface area contributed by atoms with Crippen molar-refractivity contribution in [2.24, 2.45) is 0 Å². The highest BCUT2D eigenvalue weighted by molar-refractivity contribution is 14.1. The van der Waals surface area contributed by atoms with Gasteiger partial charge in [0.2, 0.25) is 0 Å². The van der Waals surface area contributed by atoms with E-state index in [2.05, 4.69) is 15.9 Å². The third kappa shape index (κ3) is 3.58. The zero-order valence-corrected chi connectivity index (χ0v) is 14.4. The standard InChI is InChI=1S/C15H11BrFIO2/c1-20-11-3-5-13(16)9(6-11)7-15(19)12-4-2-10(17)8-14(12)18/h2-6,8H,7H2,1H3. The molecule has 0 fully saturated rings. The topological polar surface area (TPSA) is 26.3 Å². The molecule has 0 unspecified atom stereocenters. The summed E-state index contributed by atoms with van der Waals surface area (Å²) >= 11 is 5.39. The molecular weight excluding hydrogens is 438 g/mol. The second-order valence-corrected chi connectivity index (χ2v) is 6.20. The molecule has 0 aliphatic rings. The van der Waals surface area contributed by atoms with E-state index in [4.69, 9.17) is 4.74 Å². The third-order valence-electron chi connectivity index (χ3n) is 2.84. The Balaban J connectivity index is 2.27. The van der Waals surface area contributed by atoms with Crippen LogP contribution in [-0.2, 0) is 6.42 Å². The molecule has 0 amide bonds. The van der Waals surface area contributed by atoms with Gasteiger partial charge < -0.3 is 4.74 Å². The number of ketones is 1. The minimum atomic E-state index is -0.339. The van der Waals surface area contributed by atoms with E-state index in [0.29, 0.717) is 14.9 Å². The van der Waals surface area contributed by atoms with E-state index >= 15 is 0 Å². The number of carbonyl (C=O) groups excluding carboxylic acids is 1. The first-order chi connectivity index (χ1) is 9.51. The van der Waals surface area contributed by atoms with Gasteiger partial charge in [0.05, 0.1) is 7.11 Å². The van der Waals surface area contributed by atoms with Crippen LogP contribution in [0.25, 0.3) is 0 Å². The van der Waals surface area contributed by atoms with Gasteiger partial charge in [-0.1, -0.05) is 15.9 Å². The summed E-state index contributed by atoms with van der Waals surface area (Å²) < 4.78 is 19.7. The van der Waals surface area contributed by atoms with Gasteiger partial charge in [-0.05, 0) is 64.6 Å². The van der Waals surface area contributed by atoms with Gasteiger partial charge in [0.15, 0.2) is 5.78 Å². The molecule has 0 saturated heterocycles. The number of rotatable bonds is 4. The maximum atomic E-state index is 13.1. The number of benzene rings is 2. The molecule has 5 heteroatoms. The van der Waals surface area contributed by atoms with Crippen LogP contribution in [0.2, 0.25) is 0 Å². The average molecular weight is 449 g/mol. The van der Waals surface area contributed by atoms with Crippen molar-refractivity contribution in [2.45, 2.75) is 6.42 Å². The van der Waals surface area contributed by atoms with Gasteiger partial charge in [-0.3, -0.25) is 4.79 Å². The van der Waals surface area contributed by atoms with Crippen molar-refractivity contribution in [3.8, 4) is 5.75 Å². The molecule has 2 rings (SSSR count). The number of methoxy groups -OCH3 is 1. The lowest BCUT2D eigenvalue weighted by Gasteiger charge is -2.08. The van der Waals surface area contributed by atoms with Crippen molar-refractivity contribution >= 4 is 44.3 Å². The van der Waals surface area contributed by atoms with Gasteiger partial charge in [0.25, 0.3) is 0 Å². The van der Waals surface area contributed by atoms with E-state index in [1.807, 2.05) is 40.8 Å². The zero-order chi connectivity index (χ0) is 14.7. The first-order valence-electron chi connectivity index (χ1n) is 5.82. The molecule has 2 aromatic rings. The third-order valence-corrected chi connectivity index (χ3v) is 4.50. The van der Waals surface area contributed by atoms with Gasteiger partial charge >= 0.3 is 0 Å². The van der Waals surface area contributed by atoms with E-state index in [1.165, 1.54) is 18.2 Å². The van der Waals surface area contributed by atoms with Crippen LogP contribution in [0, 0.1) is 9.39 Å². The van der Waals surface area contributed by atoms with Gasteiger partial charge in [-0.2, -0.15) is 0 Å². The van der Waals surface area contributed by atoms with Gasteiger partial charge in [-0.15, -0.1) is 0 Å². The second kappa shape index (κ2) is 6.67. The van der Waals surface area contributed by atoms with Crippen LogP contribution in [-0.4, -0.2) is 12.9 Å². The lowest BCUT2D eigenvalue weighted by Crippen LogP contribution is -2.06. The number of halogens is 3. The van der Waals surface area contributed by atoms with Crippen LogP contribution in [0.15, 0.2) is 40.9 Å². The summed E-state index contributed by atoms with van der Waals surface area (Å²) in [5.41, 5.74) is 1.37. The molecule has 0 bridgehead atoms. The Hall–Kier alpha value is -0.950. The smallest absolute Gasteiger partial charge is 0.168 e. The van der Waals surface area contributed by atoms with Crippen LogP contribution in [0.4, 0.5) is 4.39 Å². The van der Waals surface area contributed by atoms with Crippen LogP contribution in [0.3, 0.4) is 0 Å². The van der Waals surface area contributed by atoms with Crippen molar-refractivity contribution in [1.82, 2.24) is 0 Å². The van der Waals surface area contributed by atoms with Gasteiger partial charge in [0, 0.05) is 20.0 Å². The summed E-state index contributed by atoms with van der Waals surface area (Å²) in [6.07, 6.45) is 0.236. The van der Waals surface area contributed by atoms with Gasteiger partial charge in [0.1, 0.15) is 11.6 Å². The molecule has 2 nitrogen and oxygen atoms in total. The number of hydrogen-bond donors (Lipinski definition) is 0. The van der Waals surface area contributed by atoms with E-state index < -0.39 is 0 Å². The van der Waals surface area contributed by atoms with E-state index in [-0.39, 0.29) is 18.0 Å². The first-order valence-corrected chi connectivity index (χ1v) is 7.69. The van der Waals surface area contributed by atoms with Crippen LogP contribution >= 0.6 is 38.5 Å². The molecule has 2 aromatic carbocycles. The molecule has 0 saturated carbocycles. The summed E-state index contributed by atoms with van der Waals surface area (Å²) in [7, 11) is 1.58. The highest BCUT2D eigenvalue weighted by atomic mass is 127. The number of hydrogen-bond acceptors (Lipinski definition) is 2. The Morgan fingerprint density at radius 2 is 2.05 bits per heavy atom. The Bertz CT molecular complexity index is 658. The normalized spacial score (nSPS) is 10.4. The molecule has 0 N–H and O–H groups in total. The molecule has 20 heavy (non-hydrogen) atoms. The minimum absolute atomic E-state index is 0.0525. The molecule has 0 spiro atoms. The number of Topliss-reactive ketones (excluding diaryl/α,β-unsaturated/α-hetero) is 1. The molecule has 104 valence electrons. The molecule has 0 radical (unpaired) electrons. The van der Waals surface area contributed by atoms with Crippen LogP contribution < -0.4 is 4.74 Å². The fraction of sp³-hybridized carbons (Fsp3) is 0.133. The maximum absolute atomic E-state index is 13.1. The van der Waals surface area contributed by atoms with Crippen LogP contribution in [0.5, 0.6) is 5.75 Å². The van der Waals surface area contributed by atoms with E-state index in [9.17, 15) is 9.18 Å². The summed E-state index contributed by atoms with van der Waals surface area (Å²) in [6.45, 7) is 0.